The lowest BCUT2D eigenvalue weighted by Gasteiger charge is -2.09. The molecule has 4 aromatic rings. The summed E-state index contributed by atoms with van der Waals surface area (Å²) >= 11 is 0. The molecule has 1 heterocycles. The fourth-order valence-corrected chi connectivity index (χ4v) is 4.06. The zero-order valence-corrected chi connectivity index (χ0v) is 16.4. The van der Waals surface area contributed by atoms with Crippen LogP contribution in [0.2, 0.25) is 0 Å². The van der Waals surface area contributed by atoms with Crippen molar-refractivity contribution in [1.82, 2.24) is 9.78 Å². The molecule has 0 saturated heterocycles. The van der Waals surface area contributed by atoms with E-state index in [1.807, 2.05) is 19.1 Å². The summed E-state index contributed by atoms with van der Waals surface area (Å²) in [4.78, 5) is 0. The van der Waals surface area contributed by atoms with Crippen molar-refractivity contribution in [2.45, 2.75) is 19.9 Å². The van der Waals surface area contributed by atoms with E-state index in [0.29, 0.717) is 13.2 Å². The number of rotatable bonds is 5. The molecule has 0 fully saturated rings. The highest BCUT2D eigenvalue weighted by Crippen LogP contribution is 2.42. The smallest absolute Gasteiger partial charge is 0.119 e. The molecule has 5 rings (SSSR count). The molecule has 144 valence electrons. The van der Waals surface area contributed by atoms with Crippen LogP contribution in [0.15, 0.2) is 72.8 Å². The zero-order chi connectivity index (χ0) is 19.8. The summed E-state index contributed by atoms with van der Waals surface area (Å²) < 4.78 is 7.67. The second-order valence-corrected chi connectivity index (χ2v) is 7.25. The largest absolute Gasteiger partial charge is 0.494 e. The highest BCUT2D eigenvalue weighted by atomic mass is 16.5. The Morgan fingerprint density at radius 2 is 1.72 bits per heavy atom. The average Bonchev–Trinajstić information content (AvgIpc) is 3.32. The van der Waals surface area contributed by atoms with Crippen LogP contribution < -0.4 is 10.5 Å². The Morgan fingerprint density at radius 3 is 2.45 bits per heavy atom. The molecule has 0 saturated carbocycles. The average molecular weight is 381 g/mol. The van der Waals surface area contributed by atoms with Gasteiger partial charge in [0, 0.05) is 29.7 Å². The van der Waals surface area contributed by atoms with Gasteiger partial charge >= 0.3 is 0 Å². The van der Waals surface area contributed by atoms with Crippen LogP contribution >= 0.6 is 0 Å². The summed E-state index contributed by atoms with van der Waals surface area (Å²) in [5.74, 6) is 0.873. The first-order valence-electron chi connectivity index (χ1n) is 10.0. The van der Waals surface area contributed by atoms with E-state index in [2.05, 4.69) is 65.3 Å². The Morgan fingerprint density at radius 1 is 0.966 bits per heavy atom. The minimum absolute atomic E-state index is 0.546. The van der Waals surface area contributed by atoms with E-state index in [1.165, 1.54) is 22.4 Å². The quantitative estimate of drug-likeness (QED) is 0.468. The third-order valence-corrected chi connectivity index (χ3v) is 5.48. The number of nitrogens with two attached hydrogens (primary N) is 1. The van der Waals surface area contributed by atoms with Crippen LogP contribution in [0, 0.1) is 0 Å². The van der Waals surface area contributed by atoms with Crippen molar-refractivity contribution in [1.29, 1.82) is 0 Å². The van der Waals surface area contributed by atoms with Gasteiger partial charge in [0.1, 0.15) is 5.75 Å². The summed E-state index contributed by atoms with van der Waals surface area (Å²) in [7, 11) is 0. The molecule has 4 heteroatoms. The van der Waals surface area contributed by atoms with E-state index in [4.69, 9.17) is 15.6 Å². The van der Waals surface area contributed by atoms with Crippen molar-refractivity contribution in [2.75, 3.05) is 6.61 Å². The zero-order valence-electron chi connectivity index (χ0n) is 16.4. The van der Waals surface area contributed by atoms with Gasteiger partial charge in [-0.2, -0.15) is 5.10 Å². The minimum atomic E-state index is 0.546. The summed E-state index contributed by atoms with van der Waals surface area (Å²) in [6.45, 7) is 3.20. The lowest BCUT2D eigenvalue weighted by Crippen LogP contribution is -2.00. The van der Waals surface area contributed by atoms with Crippen LogP contribution in [0.4, 0.5) is 0 Å². The van der Waals surface area contributed by atoms with Crippen molar-refractivity contribution in [3.05, 3.63) is 89.5 Å². The lowest BCUT2D eigenvalue weighted by molar-refractivity contribution is 0.340. The van der Waals surface area contributed by atoms with Crippen molar-refractivity contribution in [3.63, 3.8) is 0 Å². The SMILES string of the molecule is CCOc1ccc(-n2nc(-c3ccc(CN)cc3)c3c2-c2ccccc2C3)cc1. The van der Waals surface area contributed by atoms with Crippen LogP contribution in [-0.4, -0.2) is 16.4 Å². The molecule has 29 heavy (non-hydrogen) atoms. The molecule has 1 aromatic heterocycles. The van der Waals surface area contributed by atoms with Gasteiger partial charge in [0.2, 0.25) is 0 Å². The Hall–Kier alpha value is -3.37. The number of ether oxygens (including phenoxy) is 1. The maximum absolute atomic E-state index is 5.77. The Kier molecular flexibility index (Phi) is 4.41. The van der Waals surface area contributed by atoms with Gasteiger partial charge in [-0.15, -0.1) is 0 Å². The third-order valence-electron chi connectivity index (χ3n) is 5.48. The van der Waals surface area contributed by atoms with Gasteiger partial charge in [-0.05, 0) is 42.3 Å². The van der Waals surface area contributed by atoms with E-state index in [-0.39, 0.29) is 0 Å². The number of nitrogens with zero attached hydrogens (tertiary/aromatic N) is 2. The van der Waals surface area contributed by atoms with Gasteiger partial charge in [0.05, 0.1) is 23.7 Å². The Labute approximate surface area is 170 Å². The minimum Gasteiger partial charge on any atom is -0.494 e. The molecular formula is C25H23N3O. The highest BCUT2D eigenvalue weighted by molar-refractivity contribution is 5.82. The van der Waals surface area contributed by atoms with Crippen LogP contribution in [0.3, 0.4) is 0 Å². The number of aromatic nitrogens is 2. The molecule has 1 aliphatic carbocycles. The van der Waals surface area contributed by atoms with Crippen LogP contribution in [0.5, 0.6) is 5.75 Å². The normalized spacial score (nSPS) is 11.9. The number of fused-ring (bicyclic) bond motifs is 3. The van der Waals surface area contributed by atoms with Crippen LogP contribution in [0.25, 0.3) is 28.2 Å². The Balaban J connectivity index is 1.67. The summed E-state index contributed by atoms with van der Waals surface area (Å²) in [5.41, 5.74) is 15.2. The molecule has 0 atom stereocenters. The molecule has 2 N–H and O–H groups in total. The van der Waals surface area contributed by atoms with Gasteiger partial charge in [-0.3, -0.25) is 0 Å². The van der Waals surface area contributed by atoms with Crippen molar-refractivity contribution >= 4 is 0 Å². The fourth-order valence-electron chi connectivity index (χ4n) is 4.06. The maximum atomic E-state index is 5.77. The van der Waals surface area contributed by atoms with Crippen molar-refractivity contribution in [3.8, 4) is 34.0 Å². The van der Waals surface area contributed by atoms with E-state index in [0.717, 1.165) is 34.7 Å². The van der Waals surface area contributed by atoms with Gasteiger partial charge < -0.3 is 10.5 Å². The number of benzene rings is 3. The van der Waals surface area contributed by atoms with Crippen LogP contribution in [0.1, 0.15) is 23.6 Å². The summed E-state index contributed by atoms with van der Waals surface area (Å²) in [6, 6.07) is 25.2. The summed E-state index contributed by atoms with van der Waals surface area (Å²) in [6.07, 6.45) is 0.899. The molecule has 0 unspecified atom stereocenters. The van der Waals surface area contributed by atoms with Gasteiger partial charge in [-0.1, -0.05) is 48.5 Å². The molecule has 0 aliphatic heterocycles. The predicted octanol–water partition coefficient (Wildman–Crippen LogP) is 4.97. The van der Waals surface area contributed by atoms with E-state index >= 15 is 0 Å². The fraction of sp³-hybridized carbons (Fsp3) is 0.160. The Bertz CT molecular complexity index is 1160. The second kappa shape index (κ2) is 7.22. The van der Waals surface area contributed by atoms with Crippen molar-refractivity contribution < 1.29 is 4.74 Å². The summed E-state index contributed by atoms with van der Waals surface area (Å²) in [5, 5.41) is 5.05. The molecule has 0 bridgehead atoms. The first-order chi connectivity index (χ1) is 14.3. The van der Waals surface area contributed by atoms with E-state index in [1.54, 1.807) is 0 Å². The number of hydrogen-bond acceptors (Lipinski definition) is 3. The molecular weight excluding hydrogens is 358 g/mol. The molecule has 0 spiro atoms. The maximum Gasteiger partial charge on any atom is 0.119 e. The monoisotopic (exact) mass is 381 g/mol. The lowest BCUT2D eigenvalue weighted by atomic mass is 10.0. The molecule has 0 amide bonds. The van der Waals surface area contributed by atoms with Gasteiger partial charge in [0.15, 0.2) is 0 Å². The molecule has 1 aliphatic rings. The third kappa shape index (κ3) is 3.02. The second-order valence-electron chi connectivity index (χ2n) is 7.25. The molecule has 3 aromatic carbocycles. The standard InChI is InChI=1S/C25H23N3O/c1-2-29-21-13-11-20(12-14-21)28-25-22-6-4-3-5-19(22)15-23(25)24(27-28)18-9-7-17(16-26)8-10-18/h3-14H,2,15-16,26H2,1H3. The first kappa shape index (κ1) is 17.7. The molecule has 0 radical (unpaired) electrons. The predicted molar refractivity (Wildman–Crippen MR) is 116 cm³/mol. The molecule has 4 nitrogen and oxygen atoms in total. The van der Waals surface area contributed by atoms with E-state index in [9.17, 15) is 0 Å². The topological polar surface area (TPSA) is 53.1 Å². The van der Waals surface area contributed by atoms with Crippen molar-refractivity contribution in [2.24, 2.45) is 5.73 Å². The van der Waals surface area contributed by atoms with Gasteiger partial charge in [0.25, 0.3) is 0 Å². The van der Waals surface area contributed by atoms with Gasteiger partial charge in [-0.25, -0.2) is 4.68 Å². The van der Waals surface area contributed by atoms with Crippen LogP contribution in [-0.2, 0) is 13.0 Å². The number of hydrogen-bond donors (Lipinski definition) is 1. The highest BCUT2D eigenvalue weighted by Gasteiger charge is 2.28. The van der Waals surface area contributed by atoms with E-state index < -0.39 is 0 Å². The first-order valence-corrected chi connectivity index (χ1v) is 10.0.